The summed E-state index contributed by atoms with van der Waals surface area (Å²) < 4.78 is 45.8. The van der Waals surface area contributed by atoms with Crippen LogP contribution in [0, 0.1) is 11.3 Å². The average molecular weight is 339 g/mol. The zero-order valence-electron chi connectivity index (χ0n) is 14.8. The van der Waals surface area contributed by atoms with Gasteiger partial charge in [0, 0.05) is 19.0 Å². The molecule has 0 saturated carbocycles. The smallest absolute Gasteiger partial charge is 0.417 e. The predicted octanol–water partition coefficient (Wildman–Crippen LogP) is 3.97. The highest BCUT2D eigenvalue weighted by molar-refractivity contribution is 5.68. The van der Waals surface area contributed by atoms with Gasteiger partial charge in [0.25, 0.3) is 0 Å². The quantitative estimate of drug-likeness (QED) is 0.786. The second kappa shape index (κ2) is 6.15. The van der Waals surface area contributed by atoms with Crippen LogP contribution >= 0.6 is 0 Å². The van der Waals surface area contributed by atoms with Crippen molar-refractivity contribution in [1.29, 1.82) is 0 Å². The molecule has 0 unspecified atom stereocenters. The van der Waals surface area contributed by atoms with Crippen molar-refractivity contribution >= 4 is 6.09 Å². The summed E-state index contributed by atoms with van der Waals surface area (Å²) in [6.07, 6.45) is -5.06. The summed E-state index contributed by atoms with van der Waals surface area (Å²) in [4.78, 5) is 13.4. The third kappa shape index (κ3) is 4.31. The molecule has 136 valence electrons. The molecule has 23 heavy (non-hydrogen) atoms. The van der Waals surface area contributed by atoms with Crippen molar-refractivity contribution in [2.24, 2.45) is 11.3 Å². The van der Waals surface area contributed by atoms with Crippen LogP contribution in [0.1, 0.15) is 54.4 Å². The molecule has 4 nitrogen and oxygen atoms in total. The number of nitrogens with zero attached hydrogens (tertiary/aromatic N) is 1. The molecule has 0 aliphatic carbocycles. The molecule has 1 saturated heterocycles. The van der Waals surface area contributed by atoms with Gasteiger partial charge in [0.05, 0.1) is 0 Å². The molecule has 7 heteroatoms. The Kier molecular flexibility index (Phi) is 5.36. The zero-order valence-corrected chi connectivity index (χ0v) is 14.8. The number of carbonyl (C=O) groups is 1. The van der Waals surface area contributed by atoms with Gasteiger partial charge in [0.2, 0.25) is 0 Å². The topological polar surface area (TPSA) is 49.8 Å². The molecular weight excluding hydrogens is 311 g/mol. The van der Waals surface area contributed by atoms with Crippen LogP contribution in [0.5, 0.6) is 0 Å². The average Bonchev–Trinajstić information content (AvgIpc) is 2.33. The Morgan fingerprint density at radius 2 is 1.48 bits per heavy atom. The number of carbonyl (C=O) groups excluding carboxylic acids is 1. The number of amides is 1. The van der Waals surface area contributed by atoms with E-state index in [4.69, 9.17) is 4.74 Å². The highest BCUT2D eigenvalue weighted by Gasteiger charge is 2.64. The normalized spacial score (nSPS) is 21.0. The first-order valence-electron chi connectivity index (χ1n) is 7.86. The molecule has 1 atom stereocenters. The predicted molar refractivity (Wildman–Crippen MR) is 81.0 cm³/mol. The fourth-order valence-corrected chi connectivity index (χ4v) is 3.08. The van der Waals surface area contributed by atoms with Gasteiger partial charge in [-0.2, -0.15) is 13.2 Å². The van der Waals surface area contributed by atoms with E-state index >= 15 is 0 Å². The van der Waals surface area contributed by atoms with E-state index in [1.807, 2.05) is 0 Å². The second-order valence-corrected chi connectivity index (χ2v) is 8.26. The van der Waals surface area contributed by atoms with Gasteiger partial charge >= 0.3 is 12.3 Å². The summed E-state index contributed by atoms with van der Waals surface area (Å²) in [5.41, 5.74) is -4.77. The Bertz CT molecular complexity index is 413. The van der Waals surface area contributed by atoms with Crippen molar-refractivity contribution in [3.05, 3.63) is 0 Å². The lowest BCUT2D eigenvalue weighted by Crippen LogP contribution is -2.62. The lowest BCUT2D eigenvalue weighted by atomic mass is 9.65. The summed E-state index contributed by atoms with van der Waals surface area (Å²) in [5, 5.41) is 10.5. The molecule has 1 rings (SSSR count). The molecule has 1 amide bonds. The summed E-state index contributed by atoms with van der Waals surface area (Å²) in [5.74, 6) is -0.943. The van der Waals surface area contributed by atoms with Crippen LogP contribution in [0.25, 0.3) is 0 Å². The molecule has 0 spiro atoms. The van der Waals surface area contributed by atoms with Gasteiger partial charge in [-0.25, -0.2) is 4.79 Å². The van der Waals surface area contributed by atoms with Crippen molar-refractivity contribution in [3.63, 3.8) is 0 Å². The highest BCUT2D eigenvalue weighted by Crippen LogP contribution is 2.50. The number of hydrogen-bond donors (Lipinski definition) is 1. The zero-order chi connectivity index (χ0) is 18.3. The van der Waals surface area contributed by atoms with Crippen molar-refractivity contribution in [3.8, 4) is 0 Å². The Labute approximate surface area is 136 Å². The molecule has 0 radical (unpaired) electrons. The highest BCUT2D eigenvalue weighted by atomic mass is 19.4. The largest absolute Gasteiger partial charge is 0.444 e. The number of likely N-dealkylation sites (tertiary alicyclic amines) is 1. The van der Waals surface area contributed by atoms with Crippen LogP contribution in [0.3, 0.4) is 0 Å². The molecule has 1 heterocycles. The fraction of sp³-hybridized carbons (Fsp3) is 0.938. The van der Waals surface area contributed by atoms with Crippen molar-refractivity contribution in [1.82, 2.24) is 4.90 Å². The van der Waals surface area contributed by atoms with E-state index in [0.29, 0.717) is 0 Å². The first-order chi connectivity index (χ1) is 10.1. The van der Waals surface area contributed by atoms with Crippen molar-refractivity contribution in [2.45, 2.75) is 71.8 Å². The maximum Gasteiger partial charge on any atom is 0.417 e. The summed E-state index contributed by atoms with van der Waals surface area (Å²) in [6, 6.07) is 0. The monoisotopic (exact) mass is 339 g/mol. The van der Waals surface area contributed by atoms with Gasteiger partial charge in [-0.05, 0) is 39.0 Å². The lowest BCUT2D eigenvalue weighted by molar-refractivity contribution is -0.318. The van der Waals surface area contributed by atoms with Crippen molar-refractivity contribution < 1.29 is 27.8 Å². The van der Waals surface area contributed by atoms with E-state index < -0.39 is 34.8 Å². The number of alkyl halides is 3. The van der Waals surface area contributed by atoms with Crippen LogP contribution < -0.4 is 0 Å². The molecule has 0 aromatic rings. The molecule has 1 aliphatic rings. The number of rotatable bonds is 1. The van der Waals surface area contributed by atoms with Gasteiger partial charge in [0.1, 0.15) is 5.60 Å². The Morgan fingerprint density at radius 3 is 1.78 bits per heavy atom. The van der Waals surface area contributed by atoms with Crippen LogP contribution in [0.4, 0.5) is 18.0 Å². The number of ether oxygens (including phenoxy) is 1. The van der Waals surface area contributed by atoms with Gasteiger partial charge in [-0.15, -0.1) is 0 Å². The third-order valence-corrected chi connectivity index (χ3v) is 4.31. The summed E-state index contributed by atoms with van der Waals surface area (Å²) in [6.45, 7) is 9.67. The number of hydrogen-bond acceptors (Lipinski definition) is 3. The Balaban J connectivity index is 2.83. The van der Waals surface area contributed by atoms with Gasteiger partial charge in [-0.1, -0.05) is 20.8 Å². The van der Waals surface area contributed by atoms with E-state index in [1.54, 1.807) is 20.8 Å². The number of piperidine rings is 1. The second-order valence-electron chi connectivity index (χ2n) is 8.26. The van der Waals surface area contributed by atoms with Gasteiger partial charge < -0.3 is 14.7 Å². The molecular formula is C16H28F3NO3. The van der Waals surface area contributed by atoms with Crippen LogP contribution in [-0.2, 0) is 4.74 Å². The van der Waals surface area contributed by atoms with E-state index in [0.717, 1.165) is 0 Å². The maximum atomic E-state index is 13.5. The maximum absolute atomic E-state index is 13.5. The minimum Gasteiger partial charge on any atom is -0.444 e. The molecule has 0 bridgehead atoms. The number of aliphatic hydroxyl groups is 1. The standard InChI is InChI=1S/C16H28F3NO3/c1-13(2,3)15(22,16(17,18)19)11-7-9-20(10-8-11)12(21)23-14(4,5)6/h11,22H,7-10H2,1-6H3/t15-/m0/s1. The summed E-state index contributed by atoms with van der Waals surface area (Å²) >= 11 is 0. The third-order valence-electron chi connectivity index (χ3n) is 4.31. The first kappa shape index (κ1) is 20.1. The molecule has 0 aromatic carbocycles. The van der Waals surface area contributed by atoms with Crippen molar-refractivity contribution in [2.75, 3.05) is 13.1 Å². The van der Waals surface area contributed by atoms with Crippen LogP contribution in [0.15, 0.2) is 0 Å². The Hall–Kier alpha value is -0.980. The SMILES string of the molecule is CC(C)(C)OC(=O)N1CCC([C@](O)(C(C)(C)C)C(F)(F)F)CC1. The van der Waals surface area contributed by atoms with Gasteiger partial charge in [-0.3, -0.25) is 0 Å². The van der Waals surface area contributed by atoms with E-state index in [2.05, 4.69) is 0 Å². The summed E-state index contributed by atoms with van der Waals surface area (Å²) in [7, 11) is 0. The van der Waals surface area contributed by atoms with Crippen LogP contribution in [0.2, 0.25) is 0 Å². The minimum absolute atomic E-state index is 0.0898. The minimum atomic E-state index is -4.72. The van der Waals surface area contributed by atoms with E-state index in [-0.39, 0.29) is 25.9 Å². The van der Waals surface area contributed by atoms with Gasteiger partial charge in [0.15, 0.2) is 5.60 Å². The molecule has 0 aromatic heterocycles. The fourth-order valence-electron chi connectivity index (χ4n) is 3.08. The molecule has 1 aliphatic heterocycles. The van der Waals surface area contributed by atoms with E-state index in [1.165, 1.54) is 25.7 Å². The number of halogens is 3. The molecule has 1 fully saturated rings. The lowest BCUT2D eigenvalue weighted by Gasteiger charge is -2.49. The Morgan fingerprint density at radius 1 is 1.04 bits per heavy atom. The van der Waals surface area contributed by atoms with E-state index in [9.17, 15) is 23.1 Å². The first-order valence-corrected chi connectivity index (χ1v) is 7.86. The van der Waals surface area contributed by atoms with Crippen LogP contribution in [-0.4, -0.2) is 46.6 Å². The molecule has 1 N–H and O–H groups in total.